The van der Waals surface area contributed by atoms with Gasteiger partial charge in [0.05, 0.1) is 0 Å². The van der Waals surface area contributed by atoms with Gasteiger partial charge in [0, 0.05) is 26.7 Å². The lowest BCUT2D eigenvalue weighted by atomic mass is 10.1. The van der Waals surface area contributed by atoms with Gasteiger partial charge in [0.1, 0.15) is 0 Å². The molecule has 1 unspecified atom stereocenters. The number of rotatable bonds is 1. The van der Waals surface area contributed by atoms with Crippen LogP contribution in [0.2, 0.25) is 0 Å². The van der Waals surface area contributed by atoms with Crippen LogP contribution in [-0.2, 0) is 0 Å². The molecule has 1 rings (SSSR count). The van der Waals surface area contributed by atoms with Gasteiger partial charge < -0.3 is 10.2 Å². The van der Waals surface area contributed by atoms with Crippen LogP contribution in [0, 0.1) is 0 Å². The molecule has 0 bridgehead atoms. The summed E-state index contributed by atoms with van der Waals surface area (Å²) in [7, 11) is 3.82. The average Bonchev–Trinajstić information content (AvgIpc) is 2.45. The Balaban J connectivity index is 2.69. The molecule has 0 amide bonds. The van der Waals surface area contributed by atoms with E-state index in [0.29, 0.717) is 6.04 Å². The molecule has 0 aromatic carbocycles. The number of nitrogens with one attached hydrogen (secondary N) is 1. The third-order valence-corrected chi connectivity index (χ3v) is 3.06. The molecule has 0 aliphatic carbocycles. The van der Waals surface area contributed by atoms with E-state index in [0.717, 1.165) is 12.5 Å². The van der Waals surface area contributed by atoms with E-state index in [1.807, 2.05) is 14.1 Å². The third-order valence-electron chi connectivity index (χ3n) is 3.06. The van der Waals surface area contributed by atoms with Gasteiger partial charge in [0.15, 0.2) is 5.96 Å². The van der Waals surface area contributed by atoms with Crippen LogP contribution in [0.15, 0.2) is 4.99 Å². The average molecular weight is 197 g/mol. The zero-order chi connectivity index (χ0) is 10.4. The van der Waals surface area contributed by atoms with Crippen LogP contribution in [0.25, 0.3) is 0 Å². The molecule has 1 aliphatic heterocycles. The molecule has 0 spiro atoms. The summed E-state index contributed by atoms with van der Waals surface area (Å²) < 4.78 is 0. The number of likely N-dealkylation sites (tertiary alicyclic amines) is 1. The summed E-state index contributed by atoms with van der Waals surface area (Å²) >= 11 is 0. The minimum Gasteiger partial charge on any atom is -0.359 e. The van der Waals surface area contributed by atoms with Gasteiger partial charge in [-0.25, -0.2) is 0 Å². The summed E-state index contributed by atoms with van der Waals surface area (Å²) in [4.78, 5) is 6.74. The van der Waals surface area contributed by atoms with Gasteiger partial charge in [0.2, 0.25) is 0 Å². The van der Waals surface area contributed by atoms with Crippen molar-refractivity contribution in [1.82, 2.24) is 10.2 Å². The van der Waals surface area contributed by atoms with Gasteiger partial charge in [-0.3, -0.25) is 4.99 Å². The summed E-state index contributed by atoms with van der Waals surface area (Å²) in [5, 5.41) is 3.19. The highest BCUT2D eigenvalue weighted by Crippen LogP contribution is 2.18. The Morgan fingerprint density at radius 3 is 2.79 bits per heavy atom. The van der Waals surface area contributed by atoms with E-state index in [1.165, 1.54) is 32.1 Å². The predicted octanol–water partition coefficient (Wildman–Crippen LogP) is 1.85. The summed E-state index contributed by atoms with van der Waals surface area (Å²) in [5.41, 5.74) is 0. The fourth-order valence-electron chi connectivity index (χ4n) is 2.26. The zero-order valence-corrected chi connectivity index (χ0v) is 9.71. The van der Waals surface area contributed by atoms with Crippen LogP contribution in [0.4, 0.5) is 0 Å². The number of aliphatic imine (C=N–C) groups is 1. The fraction of sp³-hybridized carbons (Fsp3) is 0.909. The van der Waals surface area contributed by atoms with Gasteiger partial charge in [-0.05, 0) is 19.3 Å². The Labute approximate surface area is 87.6 Å². The molecular formula is C11H23N3. The van der Waals surface area contributed by atoms with E-state index in [1.54, 1.807) is 0 Å². The minimum absolute atomic E-state index is 0.684. The molecule has 0 saturated carbocycles. The maximum absolute atomic E-state index is 4.30. The van der Waals surface area contributed by atoms with Gasteiger partial charge >= 0.3 is 0 Å². The highest BCUT2D eigenvalue weighted by molar-refractivity contribution is 5.79. The lowest BCUT2D eigenvalue weighted by molar-refractivity contribution is 0.299. The van der Waals surface area contributed by atoms with Crippen LogP contribution < -0.4 is 5.32 Å². The SMILES string of the molecule is CCC1CCCCCN1C(=NC)NC. The summed E-state index contributed by atoms with van der Waals surface area (Å²) in [6.45, 7) is 3.43. The van der Waals surface area contributed by atoms with Crippen LogP contribution in [0.5, 0.6) is 0 Å². The monoisotopic (exact) mass is 197 g/mol. The maximum atomic E-state index is 4.30. The first-order valence-corrected chi connectivity index (χ1v) is 5.74. The summed E-state index contributed by atoms with van der Waals surface area (Å²) in [6, 6.07) is 0.684. The van der Waals surface area contributed by atoms with E-state index in [9.17, 15) is 0 Å². The first-order chi connectivity index (χ1) is 6.83. The van der Waals surface area contributed by atoms with Crippen molar-refractivity contribution in [3.63, 3.8) is 0 Å². The topological polar surface area (TPSA) is 27.6 Å². The van der Waals surface area contributed by atoms with Crippen LogP contribution >= 0.6 is 0 Å². The van der Waals surface area contributed by atoms with Crippen molar-refractivity contribution in [2.45, 2.75) is 45.1 Å². The number of nitrogens with zero attached hydrogens (tertiary/aromatic N) is 2. The Morgan fingerprint density at radius 2 is 2.21 bits per heavy atom. The molecule has 0 aromatic heterocycles. The number of guanidine groups is 1. The fourth-order valence-corrected chi connectivity index (χ4v) is 2.26. The molecule has 82 valence electrons. The van der Waals surface area contributed by atoms with Gasteiger partial charge in [-0.1, -0.05) is 19.8 Å². The van der Waals surface area contributed by atoms with Crippen molar-refractivity contribution in [3.8, 4) is 0 Å². The van der Waals surface area contributed by atoms with E-state index < -0.39 is 0 Å². The smallest absolute Gasteiger partial charge is 0.193 e. The highest BCUT2D eigenvalue weighted by atomic mass is 15.3. The van der Waals surface area contributed by atoms with Gasteiger partial charge in [0.25, 0.3) is 0 Å². The Bertz CT molecular complexity index is 189. The largest absolute Gasteiger partial charge is 0.359 e. The van der Waals surface area contributed by atoms with Crippen molar-refractivity contribution in [3.05, 3.63) is 0 Å². The Kier molecular flexibility index (Phi) is 4.77. The van der Waals surface area contributed by atoms with Crippen molar-refractivity contribution >= 4 is 5.96 Å². The van der Waals surface area contributed by atoms with E-state index in [2.05, 4.69) is 22.1 Å². The quantitative estimate of drug-likeness (QED) is 0.513. The summed E-state index contributed by atoms with van der Waals surface area (Å²) in [5.74, 6) is 1.05. The first-order valence-electron chi connectivity index (χ1n) is 5.74. The molecule has 3 heteroatoms. The molecule has 14 heavy (non-hydrogen) atoms. The lowest BCUT2D eigenvalue weighted by Crippen LogP contribution is -2.45. The third kappa shape index (κ3) is 2.63. The van der Waals surface area contributed by atoms with Crippen molar-refractivity contribution in [1.29, 1.82) is 0 Å². The molecule has 0 aromatic rings. The van der Waals surface area contributed by atoms with Crippen LogP contribution in [0.1, 0.15) is 39.0 Å². The molecule has 1 atom stereocenters. The summed E-state index contributed by atoms with van der Waals surface area (Å²) in [6.07, 6.45) is 6.58. The standard InChI is InChI=1S/C11H23N3/c1-4-10-8-6-5-7-9-14(10)11(12-2)13-3/h10H,4-9H2,1-3H3,(H,12,13). The van der Waals surface area contributed by atoms with Gasteiger partial charge in [-0.2, -0.15) is 0 Å². The number of hydrogen-bond acceptors (Lipinski definition) is 1. The van der Waals surface area contributed by atoms with E-state index in [-0.39, 0.29) is 0 Å². The Morgan fingerprint density at radius 1 is 1.43 bits per heavy atom. The van der Waals surface area contributed by atoms with Crippen molar-refractivity contribution in [2.75, 3.05) is 20.6 Å². The maximum Gasteiger partial charge on any atom is 0.193 e. The molecule has 1 saturated heterocycles. The second-order valence-corrected chi connectivity index (χ2v) is 3.90. The van der Waals surface area contributed by atoms with Crippen molar-refractivity contribution in [2.24, 2.45) is 4.99 Å². The second kappa shape index (κ2) is 5.89. The zero-order valence-electron chi connectivity index (χ0n) is 9.71. The molecule has 1 fully saturated rings. The molecule has 1 aliphatic rings. The molecular weight excluding hydrogens is 174 g/mol. The second-order valence-electron chi connectivity index (χ2n) is 3.90. The Hall–Kier alpha value is -0.730. The van der Waals surface area contributed by atoms with Crippen LogP contribution in [-0.4, -0.2) is 37.5 Å². The predicted molar refractivity (Wildman–Crippen MR) is 61.7 cm³/mol. The lowest BCUT2D eigenvalue weighted by Gasteiger charge is -2.31. The first kappa shape index (κ1) is 11.3. The molecule has 1 heterocycles. The van der Waals surface area contributed by atoms with Gasteiger partial charge in [-0.15, -0.1) is 0 Å². The highest BCUT2D eigenvalue weighted by Gasteiger charge is 2.21. The van der Waals surface area contributed by atoms with Crippen LogP contribution in [0.3, 0.4) is 0 Å². The van der Waals surface area contributed by atoms with E-state index >= 15 is 0 Å². The number of hydrogen-bond donors (Lipinski definition) is 1. The minimum atomic E-state index is 0.684. The molecule has 3 nitrogen and oxygen atoms in total. The molecule has 1 N–H and O–H groups in total. The normalized spacial score (nSPS) is 24.6. The van der Waals surface area contributed by atoms with Crippen molar-refractivity contribution < 1.29 is 0 Å². The molecule has 0 radical (unpaired) electrons. The van der Waals surface area contributed by atoms with E-state index in [4.69, 9.17) is 0 Å².